The van der Waals surface area contributed by atoms with Crippen LogP contribution in [0.5, 0.6) is 0 Å². The summed E-state index contributed by atoms with van der Waals surface area (Å²) in [6.07, 6.45) is 7.64. The van der Waals surface area contributed by atoms with Gasteiger partial charge in [0.1, 0.15) is 0 Å². The van der Waals surface area contributed by atoms with Gasteiger partial charge in [0.25, 0.3) is 0 Å². The van der Waals surface area contributed by atoms with Crippen molar-refractivity contribution in [2.75, 3.05) is 5.32 Å². The zero-order valence-corrected chi connectivity index (χ0v) is 11.4. The van der Waals surface area contributed by atoms with Crippen molar-refractivity contribution < 1.29 is 0 Å². The van der Waals surface area contributed by atoms with E-state index < -0.39 is 0 Å². The summed E-state index contributed by atoms with van der Waals surface area (Å²) in [5.41, 5.74) is 3.48. The molecule has 2 heterocycles. The van der Waals surface area contributed by atoms with Crippen LogP contribution in [0.15, 0.2) is 30.9 Å². The molecule has 0 radical (unpaired) electrons. The van der Waals surface area contributed by atoms with Gasteiger partial charge in [-0.25, -0.2) is 0 Å². The summed E-state index contributed by atoms with van der Waals surface area (Å²) >= 11 is 0. The Morgan fingerprint density at radius 1 is 1.28 bits per heavy atom. The molecule has 0 aliphatic rings. The minimum Gasteiger partial charge on any atom is -0.379 e. The minimum absolute atomic E-state index is 0.0302. The summed E-state index contributed by atoms with van der Waals surface area (Å²) in [7, 11) is 0. The van der Waals surface area contributed by atoms with Gasteiger partial charge in [-0.2, -0.15) is 5.10 Å². The highest BCUT2D eigenvalue weighted by Gasteiger charge is 2.13. The van der Waals surface area contributed by atoms with Gasteiger partial charge in [-0.05, 0) is 39.3 Å². The summed E-state index contributed by atoms with van der Waals surface area (Å²) in [4.78, 5) is 4.12. The molecule has 1 N–H and O–H groups in total. The fourth-order valence-corrected chi connectivity index (χ4v) is 1.66. The fourth-order valence-electron chi connectivity index (χ4n) is 1.66. The van der Waals surface area contributed by atoms with Crippen molar-refractivity contribution in [1.29, 1.82) is 0 Å². The summed E-state index contributed by atoms with van der Waals surface area (Å²) in [5.74, 6) is 0. The zero-order valence-electron chi connectivity index (χ0n) is 11.4. The molecule has 0 atom stereocenters. The maximum atomic E-state index is 4.38. The Kier molecular flexibility index (Phi) is 3.36. The van der Waals surface area contributed by atoms with Gasteiger partial charge in [-0.3, -0.25) is 9.67 Å². The van der Waals surface area contributed by atoms with Gasteiger partial charge in [0, 0.05) is 24.5 Å². The molecule has 0 aliphatic carbocycles. The van der Waals surface area contributed by atoms with Crippen molar-refractivity contribution in [1.82, 2.24) is 14.8 Å². The molecule has 4 heteroatoms. The molecule has 0 saturated heterocycles. The molecular weight excluding hydrogens is 224 g/mol. The van der Waals surface area contributed by atoms with E-state index in [9.17, 15) is 0 Å². The number of hydrogen-bond acceptors (Lipinski definition) is 3. The van der Waals surface area contributed by atoms with Gasteiger partial charge in [0.05, 0.1) is 23.6 Å². The normalized spacial score (nSPS) is 11.6. The number of nitrogens with one attached hydrogen (secondary N) is 1. The predicted molar refractivity (Wildman–Crippen MR) is 73.5 cm³/mol. The molecule has 0 amide bonds. The Morgan fingerprint density at radius 3 is 2.67 bits per heavy atom. The highest BCUT2D eigenvalue weighted by atomic mass is 15.3. The quantitative estimate of drug-likeness (QED) is 0.902. The molecule has 18 heavy (non-hydrogen) atoms. The average molecular weight is 244 g/mol. The second-order valence-corrected chi connectivity index (χ2v) is 5.51. The van der Waals surface area contributed by atoms with Crippen molar-refractivity contribution >= 4 is 5.69 Å². The first-order valence-corrected chi connectivity index (χ1v) is 6.15. The molecule has 0 saturated carbocycles. The monoisotopic (exact) mass is 244 g/mol. The molecule has 0 bridgehead atoms. The number of rotatable bonds is 3. The van der Waals surface area contributed by atoms with E-state index in [1.54, 1.807) is 6.20 Å². The molecular formula is C14H20N4. The fraction of sp³-hybridized carbons (Fsp3) is 0.429. The number of hydrogen-bond donors (Lipinski definition) is 1. The highest BCUT2D eigenvalue weighted by molar-refractivity contribution is 5.48. The summed E-state index contributed by atoms with van der Waals surface area (Å²) in [6.45, 7) is 9.26. The maximum absolute atomic E-state index is 4.38. The third kappa shape index (κ3) is 2.88. The van der Waals surface area contributed by atoms with Gasteiger partial charge in [0.15, 0.2) is 0 Å². The van der Waals surface area contributed by atoms with E-state index in [0.29, 0.717) is 0 Å². The molecule has 96 valence electrons. The third-order valence-corrected chi connectivity index (χ3v) is 2.85. The lowest BCUT2D eigenvalue weighted by Gasteiger charge is -2.18. The Labute approximate surface area is 108 Å². The SMILES string of the molecule is Cc1ccncc1NCc1cnn(C(C)(C)C)c1. The first kappa shape index (κ1) is 12.6. The van der Waals surface area contributed by atoms with Crippen LogP contribution in [0.3, 0.4) is 0 Å². The van der Waals surface area contributed by atoms with Crippen LogP contribution in [0.1, 0.15) is 31.9 Å². The average Bonchev–Trinajstić information content (AvgIpc) is 2.76. The largest absolute Gasteiger partial charge is 0.379 e. The standard InChI is InChI=1S/C14H20N4/c1-11-5-6-15-9-13(11)16-7-12-8-17-18(10-12)14(2,3)4/h5-6,8-10,16H,7H2,1-4H3. The molecule has 0 unspecified atom stereocenters. The summed E-state index contributed by atoms with van der Waals surface area (Å²) in [6, 6.07) is 2.00. The number of nitrogens with zero attached hydrogens (tertiary/aromatic N) is 3. The van der Waals surface area contributed by atoms with Crippen LogP contribution in [-0.4, -0.2) is 14.8 Å². The van der Waals surface area contributed by atoms with Crippen molar-refractivity contribution in [3.63, 3.8) is 0 Å². The molecule has 4 nitrogen and oxygen atoms in total. The van der Waals surface area contributed by atoms with Crippen molar-refractivity contribution in [2.24, 2.45) is 0 Å². The van der Waals surface area contributed by atoms with Gasteiger partial charge in [-0.1, -0.05) is 0 Å². The number of aryl methyl sites for hydroxylation is 1. The third-order valence-electron chi connectivity index (χ3n) is 2.85. The summed E-state index contributed by atoms with van der Waals surface area (Å²) in [5, 5.41) is 7.76. The topological polar surface area (TPSA) is 42.7 Å². The minimum atomic E-state index is 0.0302. The van der Waals surface area contributed by atoms with Crippen LogP contribution in [-0.2, 0) is 12.1 Å². The number of aromatic nitrogens is 3. The van der Waals surface area contributed by atoms with Gasteiger partial charge in [0.2, 0.25) is 0 Å². The van der Waals surface area contributed by atoms with E-state index in [4.69, 9.17) is 0 Å². The van der Waals surface area contributed by atoms with Crippen LogP contribution < -0.4 is 5.32 Å². The van der Waals surface area contributed by atoms with Crippen molar-refractivity contribution in [3.8, 4) is 0 Å². The van der Waals surface area contributed by atoms with Crippen LogP contribution >= 0.6 is 0 Å². The molecule has 0 aromatic carbocycles. The molecule has 0 fully saturated rings. The zero-order chi connectivity index (χ0) is 13.2. The van der Waals surface area contributed by atoms with Gasteiger partial charge < -0.3 is 5.32 Å². The van der Waals surface area contributed by atoms with Crippen LogP contribution in [0.2, 0.25) is 0 Å². The smallest absolute Gasteiger partial charge is 0.0559 e. The molecule has 0 spiro atoms. The van der Waals surface area contributed by atoms with E-state index >= 15 is 0 Å². The summed E-state index contributed by atoms with van der Waals surface area (Å²) < 4.78 is 1.99. The lowest BCUT2D eigenvalue weighted by atomic mass is 10.1. The maximum Gasteiger partial charge on any atom is 0.0559 e. The lowest BCUT2D eigenvalue weighted by Crippen LogP contribution is -2.21. The van der Waals surface area contributed by atoms with E-state index in [0.717, 1.165) is 12.2 Å². The van der Waals surface area contributed by atoms with Crippen LogP contribution in [0, 0.1) is 6.92 Å². The molecule has 2 aromatic heterocycles. The van der Waals surface area contributed by atoms with Crippen molar-refractivity contribution in [2.45, 2.75) is 39.8 Å². The second kappa shape index (κ2) is 4.80. The lowest BCUT2D eigenvalue weighted by molar-refractivity contribution is 0.355. The first-order chi connectivity index (χ1) is 8.47. The molecule has 2 aromatic rings. The van der Waals surface area contributed by atoms with Gasteiger partial charge >= 0.3 is 0 Å². The van der Waals surface area contributed by atoms with Crippen molar-refractivity contribution in [3.05, 3.63) is 42.0 Å². The Bertz CT molecular complexity index is 523. The molecule has 2 rings (SSSR count). The first-order valence-electron chi connectivity index (χ1n) is 6.15. The van der Waals surface area contributed by atoms with E-state index in [1.165, 1.54) is 11.1 Å². The Balaban J connectivity index is 2.03. The van der Waals surface area contributed by atoms with E-state index in [2.05, 4.69) is 49.3 Å². The Morgan fingerprint density at radius 2 is 2.06 bits per heavy atom. The predicted octanol–water partition coefficient (Wildman–Crippen LogP) is 2.95. The van der Waals surface area contributed by atoms with Crippen LogP contribution in [0.4, 0.5) is 5.69 Å². The Hall–Kier alpha value is -1.84. The molecule has 0 aliphatic heterocycles. The number of anilines is 1. The van der Waals surface area contributed by atoms with Gasteiger partial charge in [-0.15, -0.1) is 0 Å². The number of pyridine rings is 1. The van der Waals surface area contributed by atoms with Crippen LogP contribution in [0.25, 0.3) is 0 Å². The highest BCUT2D eigenvalue weighted by Crippen LogP contribution is 2.15. The van der Waals surface area contributed by atoms with E-state index in [-0.39, 0.29) is 5.54 Å². The second-order valence-electron chi connectivity index (χ2n) is 5.51. The van der Waals surface area contributed by atoms with E-state index in [1.807, 2.05) is 23.1 Å².